The van der Waals surface area contributed by atoms with E-state index in [2.05, 4.69) is 55.3 Å². The summed E-state index contributed by atoms with van der Waals surface area (Å²) in [6, 6.07) is 9.22. The molecule has 0 spiro atoms. The molecule has 3 heteroatoms. The van der Waals surface area contributed by atoms with Crippen LogP contribution in [0.4, 0.5) is 5.69 Å². The summed E-state index contributed by atoms with van der Waals surface area (Å²) in [6.45, 7) is 10.8. The van der Waals surface area contributed by atoms with Crippen molar-refractivity contribution in [1.29, 1.82) is 0 Å². The predicted molar refractivity (Wildman–Crippen MR) is 85.7 cm³/mol. The Labute approximate surface area is 123 Å². The third-order valence-corrected chi connectivity index (χ3v) is 4.05. The molecule has 0 radical (unpaired) electrons. The standard InChI is InChI=1S/C17H28N2O/c1-4-12-20-16-8-6-15(7-9-16)19-11-10-17(18-5-2)14(3)13-19/h6-9,14,17-18H,4-5,10-13H2,1-3H3. The second-order valence-electron chi connectivity index (χ2n) is 5.72. The van der Waals surface area contributed by atoms with Gasteiger partial charge < -0.3 is 15.0 Å². The molecule has 1 N–H and O–H groups in total. The first-order valence-electron chi connectivity index (χ1n) is 7.95. The number of nitrogens with zero attached hydrogens (tertiary/aromatic N) is 1. The molecule has 0 amide bonds. The summed E-state index contributed by atoms with van der Waals surface area (Å²) in [5.41, 5.74) is 1.32. The quantitative estimate of drug-likeness (QED) is 0.863. The molecule has 20 heavy (non-hydrogen) atoms. The zero-order valence-corrected chi connectivity index (χ0v) is 13.1. The molecule has 1 aliphatic heterocycles. The minimum absolute atomic E-state index is 0.670. The summed E-state index contributed by atoms with van der Waals surface area (Å²) in [6.07, 6.45) is 2.28. The van der Waals surface area contributed by atoms with E-state index in [-0.39, 0.29) is 0 Å². The van der Waals surface area contributed by atoms with Crippen molar-refractivity contribution in [1.82, 2.24) is 5.32 Å². The lowest BCUT2D eigenvalue weighted by Crippen LogP contribution is -2.48. The molecule has 2 rings (SSSR count). The number of nitrogens with one attached hydrogen (secondary N) is 1. The Bertz CT molecular complexity index is 390. The highest BCUT2D eigenvalue weighted by molar-refractivity contribution is 5.49. The maximum Gasteiger partial charge on any atom is 0.119 e. The highest BCUT2D eigenvalue weighted by atomic mass is 16.5. The molecule has 2 unspecified atom stereocenters. The maximum absolute atomic E-state index is 5.64. The third-order valence-electron chi connectivity index (χ3n) is 4.05. The Kier molecular flexibility index (Phi) is 5.72. The highest BCUT2D eigenvalue weighted by Crippen LogP contribution is 2.25. The van der Waals surface area contributed by atoms with E-state index in [1.165, 1.54) is 12.1 Å². The number of anilines is 1. The van der Waals surface area contributed by atoms with Crippen LogP contribution in [-0.2, 0) is 0 Å². The molecule has 0 aromatic heterocycles. The van der Waals surface area contributed by atoms with Crippen molar-refractivity contribution in [3.05, 3.63) is 24.3 Å². The van der Waals surface area contributed by atoms with E-state index in [0.29, 0.717) is 12.0 Å². The van der Waals surface area contributed by atoms with Crippen LogP contribution in [0.3, 0.4) is 0 Å². The Hall–Kier alpha value is -1.22. The van der Waals surface area contributed by atoms with E-state index in [1.54, 1.807) is 0 Å². The first kappa shape index (κ1) is 15.2. The molecular weight excluding hydrogens is 248 g/mol. The smallest absolute Gasteiger partial charge is 0.119 e. The van der Waals surface area contributed by atoms with Crippen LogP contribution in [0.15, 0.2) is 24.3 Å². The van der Waals surface area contributed by atoms with Gasteiger partial charge in [-0.3, -0.25) is 0 Å². The van der Waals surface area contributed by atoms with Gasteiger partial charge in [0.2, 0.25) is 0 Å². The Morgan fingerprint density at radius 1 is 1.25 bits per heavy atom. The summed E-state index contributed by atoms with van der Waals surface area (Å²) in [5.74, 6) is 1.67. The zero-order valence-electron chi connectivity index (χ0n) is 13.1. The summed E-state index contributed by atoms with van der Waals surface area (Å²) < 4.78 is 5.64. The number of piperidine rings is 1. The van der Waals surface area contributed by atoms with Crippen molar-refractivity contribution < 1.29 is 4.74 Å². The summed E-state index contributed by atoms with van der Waals surface area (Å²) in [4.78, 5) is 2.49. The second-order valence-corrected chi connectivity index (χ2v) is 5.72. The van der Waals surface area contributed by atoms with Crippen LogP contribution in [0, 0.1) is 5.92 Å². The molecule has 1 heterocycles. The molecule has 3 nitrogen and oxygen atoms in total. The van der Waals surface area contributed by atoms with Crippen LogP contribution >= 0.6 is 0 Å². The van der Waals surface area contributed by atoms with Gasteiger partial charge in [-0.05, 0) is 49.6 Å². The zero-order chi connectivity index (χ0) is 14.4. The Morgan fingerprint density at radius 3 is 2.60 bits per heavy atom. The molecule has 1 saturated heterocycles. The summed E-state index contributed by atoms with van der Waals surface area (Å²) >= 11 is 0. The van der Waals surface area contributed by atoms with Crippen molar-refractivity contribution in [2.75, 3.05) is 31.1 Å². The maximum atomic E-state index is 5.64. The molecule has 2 atom stereocenters. The molecule has 0 aliphatic carbocycles. The van der Waals surface area contributed by atoms with Gasteiger partial charge in [-0.25, -0.2) is 0 Å². The lowest BCUT2D eigenvalue weighted by Gasteiger charge is -2.38. The molecule has 1 aliphatic rings. The normalized spacial score (nSPS) is 22.9. The van der Waals surface area contributed by atoms with Crippen LogP contribution in [0.5, 0.6) is 5.75 Å². The monoisotopic (exact) mass is 276 g/mol. The number of hydrogen-bond donors (Lipinski definition) is 1. The van der Waals surface area contributed by atoms with Crippen LogP contribution in [0.1, 0.15) is 33.6 Å². The highest BCUT2D eigenvalue weighted by Gasteiger charge is 2.25. The van der Waals surface area contributed by atoms with Gasteiger partial charge in [0.1, 0.15) is 5.75 Å². The largest absolute Gasteiger partial charge is 0.494 e. The Morgan fingerprint density at radius 2 is 2.00 bits per heavy atom. The molecule has 0 saturated carbocycles. The fourth-order valence-electron chi connectivity index (χ4n) is 2.92. The average Bonchev–Trinajstić information content (AvgIpc) is 2.48. The number of rotatable bonds is 6. The number of hydrogen-bond acceptors (Lipinski definition) is 3. The second kappa shape index (κ2) is 7.53. The fraction of sp³-hybridized carbons (Fsp3) is 0.647. The minimum atomic E-state index is 0.670. The predicted octanol–water partition coefficient (Wildman–Crippen LogP) is 3.30. The van der Waals surface area contributed by atoms with Gasteiger partial charge in [0.15, 0.2) is 0 Å². The van der Waals surface area contributed by atoms with Crippen LogP contribution in [0.25, 0.3) is 0 Å². The lowest BCUT2D eigenvalue weighted by molar-refractivity contribution is 0.317. The van der Waals surface area contributed by atoms with Crippen molar-refractivity contribution in [3.63, 3.8) is 0 Å². The van der Waals surface area contributed by atoms with Gasteiger partial charge in [-0.1, -0.05) is 20.8 Å². The van der Waals surface area contributed by atoms with Gasteiger partial charge in [0, 0.05) is 24.8 Å². The number of ether oxygens (including phenoxy) is 1. The van der Waals surface area contributed by atoms with Crippen molar-refractivity contribution in [2.45, 2.75) is 39.7 Å². The van der Waals surface area contributed by atoms with Crippen molar-refractivity contribution in [3.8, 4) is 5.75 Å². The van der Waals surface area contributed by atoms with E-state index in [4.69, 9.17) is 4.74 Å². The van der Waals surface area contributed by atoms with Gasteiger partial charge in [0.25, 0.3) is 0 Å². The summed E-state index contributed by atoms with van der Waals surface area (Å²) in [5, 5.41) is 3.59. The van der Waals surface area contributed by atoms with Crippen LogP contribution < -0.4 is 15.0 Å². The van der Waals surface area contributed by atoms with Gasteiger partial charge in [-0.2, -0.15) is 0 Å². The summed E-state index contributed by atoms with van der Waals surface area (Å²) in [7, 11) is 0. The van der Waals surface area contributed by atoms with E-state index in [1.807, 2.05) is 0 Å². The molecule has 112 valence electrons. The fourth-order valence-corrected chi connectivity index (χ4v) is 2.92. The van der Waals surface area contributed by atoms with Gasteiger partial charge >= 0.3 is 0 Å². The van der Waals surface area contributed by atoms with Crippen molar-refractivity contribution in [2.24, 2.45) is 5.92 Å². The average molecular weight is 276 g/mol. The lowest BCUT2D eigenvalue weighted by atomic mass is 9.93. The number of benzene rings is 1. The molecule has 1 aromatic carbocycles. The van der Waals surface area contributed by atoms with Crippen molar-refractivity contribution >= 4 is 5.69 Å². The first-order valence-corrected chi connectivity index (χ1v) is 7.95. The Balaban J connectivity index is 1.92. The van der Waals surface area contributed by atoms with E-state index in [9.17, 15) is 0 Å². The minimum Gasteiger partial charge on any atom is -0.494 e. The molecule has 0 bridgehead atoms. The van der Waals surface area contributed by atoms with Gasteiger partial charge in [0.05, 0.1) is 6.61 Å². The molecule has 1 fully saturated rings. The topological polar surface area (TPSA) is 24.5 Å². The van der Waals surface area contributed by atoms with Crippen LogP contribution in [0.2, 0.25) is 0 Å². The van der Waals surface area contributed by atoms with E-state index < -0.39 is 0 Å². The van der Waals surface area contributed by atoms with E-state index in [0.717, 1.165) is 38.4 Å². The third kappa shape index (κ3) is 3.89. The van der Waals surface area contributed by atoms with Crippen LogP contribution in [-0.4, -0.2) is 32.3 Å². The molecular formula is C17H28N2O. The SMILES string of the molecule is CCCOc1ccc(N2CCC(NCC)C(C)C2)cc1. The van der Waals surface area contributed by atoms with E-state index >= 15 is 0 Å². The van der Waals surface area contributed by atoms with Gasteiger partial charge in [-0.15, -0.1) is 0 Å². The molecule has 1 aromatic rings. The first-order chi connectivity index (χ1) is 9.74.